The molecule has 3 nitrogen and oxygen atoms in total. The Morgan fingerprint density at radius 2 is 1.90 bits per heavy atom. The number of hydrogen-bond acceptors (Lipinski definition) is 1. The molecule has 21 heavy (non-hydrogen) atoms. The number of quaternary nitrogens is 1. The Bertz CT molecular complexity index is 376. The largest absolute Gasteiger partial charge is 0.360 e. The lowest BCUT2D eigenvalue weighted by Gasteiger charge is -2.40. The van der Waals surface area contributed by atoms with E-state index in [2.05, 4.69) is 24.7 Å². The first-order valence-corrected chi connectivity index (χ1v) is 9.35. The molecule has 3 rings (SSSR count). The maximum absolute atomic E-state index is 5.58. The first kappa shape index (κ1) is 15.5. The highest BCUT2D eigenvalue weighted by atomic mass is 32.1. The summed E-state index contributed by atoms with van der Waals surface area (Å²) in [4.78, 5) is 1.58. The van der Waals surface area contributed by atoms with Gasteiger partial charge < -0.3 is 15.5 Å². The molecule has 3 N–H and O–H groups in total. The Balaban J connectivity index is 1.48. The molecule has 0 radical (unpaired) electrons. The fourth-order valence-electron chi connectivity index (χ4n) is 4.97. The highest BCUT2D eigenvalue weighted by Gasteiger charge is 2.41. The summed E-state index contributed by atoms with van der Waals surface area (Å²) >= 11 is 5.58. The van der Waals surface area contributed by atoms with Crippen molar-refractivity contribution in [2.75, 3.05) is 20.6 Å². The summed E-state index contributed by atoms with van der Waals surface area (Å²) in [6, 6.07) is 0.651. The molecule has 0 saturated heterocycles. The van der Waals surface area contributed by atoms with E-state index in [0.29, 0.717) is 11.6 Å². The second kappa shape index (κ2) is 6.41. The van der Waals surface area contributed by atoms with Crippen molar-refractivity contribution in [2.45, 2.75) is 69.4 Å². The Kier molecular flexibility index (Phi) is 4.75. The van der Waals surface area contributed by atoms with Crippen LogP contribution in [0.15, 0.2) is 0 Å². The van der Waals surface area contributed by atoms with Gasteiger partial charge in [0.2, 0.25) is 0 Å². The number of nitrogens with one attached hydrogen (secondary N) is 3. The van der Waals surface area contributed by atoms with E-state index in [1.54, 1.807) is 4.90 Å². The number of thiocarbonyl (C=S) groups is 1. The van der Waals surface area contributed by atoms with E-state index in [0.717, 1.165) is 23.5 Å². The van der Waals surface area contributed by atoms with Gasteiger partial charge in [-0.05, 0) is 56.2 Å². The van der Waals surface area contributed by atoms with Gasteiger partial charge in [-0.15, -0.1) is 0 Å². The number of likely N-dealkylation sites (N-methyl/N-ethyl adjacent to an activating group) is 1. The van der Waals surface area contributed by atoms with Crippen molar-refractivity contribution >= 4 is 17.3 Å². The Labute approximate surface area is 135 Å². The molecule has 2 bridgehead atoms. The predicted octanol–water partition coefficient (Wildman–Crippen LogP) is 1.49. The fraction of sp³-hybridized carbons (Fsp3) is 0.941. The molecule has 4 heteroatoms. The van der Waals surface area contributed by atoms with E-state index in [4.69, 9.17) is 12.2 Å². The average Bonchev–Trinajstić information content (AvgIpc) is 3.08. The fourth-order valence-corrected chi connectivity index (χ4v) is 5.20. The lowest BCUT2D eigenvalue weighted by atomic mass is 9.80. The molecule has 3 aliphatic carbocycles. The highest BCUT2D eigenvalue weighted by Crippen LogP contribution is 2.44. The third-order valence-electron chi connectivity index (χ3n) is 6.51. The summed E-state index contributed by atoms with van der Waals surface area (Å²) in [5.74, 6) is 1.86. The maximum Gasteiger partial charge on any atom is 0.166 e. The second-order valence-corrected chi connectivity index (χ2v) is 8.36. The summed E-state index contributed by atoms with van der Waals surface area (Å²) < 4.78 is 0. The quantitative estimate of drug-likeness (QED) is 0.687. The van der Waals surface area contributed by atoms with Crippen LogP contribution >= 0.6 is 12.2 Å². The first-order chi connectivity index (χ1) is 10.1. The lowest BCUT2D eigenvalue weighted by Crippen LogP contribution is -3.16. The standard InChI is InChI=1S/C17H31N3S/c1-20(2)17(8-4-3-5-9-17)12-18-16(21)19-15-11-13-6-7-14(15)10-13/h13-15H,3-12H2,1-2H3,(H2,18,19,21)/p+1/t13-,14+,15+/m0/s1. The second-order valence-electron chi connectivity index (χ2n) is 7.95. The monoisotopic (exact) mass is 310 g/mol. The molecule has 0 aromatic rings. The summed E-state index contributed by atoms with van der Waals surface area (Å²) in [6.07, 6.45) is 12.5. The number of rotatable bonds is 4. The SMILES string of the molecule is C[NH+](C)C1(CNC(=S)N[C@@H]2C[C@H]3CC[C@@H]2C3)CCCCC1. The minimum Gasteiger partial charge on any atom is -0.360 e. The van der Waals surface area contributed by atoms with E-state index in [1.165, 1.54) is 57.8 Å². The van der Waals surface area contributed by atoms with Gasteiger partial charge in [0.15, 0.2) is 5.11 Å². The molecular weight excluding hydrogens is 278 g/mol. The van der Waals surface area contributed by atoms with Gasteiger partial charge >= 0.3 is 0 Å². The molecule has 0 aromatic heterocycles. The first-order valence-electron chi connectivity index (χ1n) is 8.94. The molecule has 0 heterocycles. The van der Waals surface area contributed by atoms with Gasteiger partial charge in [-0.3, -0.25) is 0 Å². The van der Waals surface area contributed by atoms with Crippen molar-refractivity contribution in [1.29, 1.82) is 0 Å². The molecule has 0 unspecified atom stereocenters. The molecule has 3 atom stereocenters. The molecular formula is C17H32N3S+. The van der Waals surface area contributed by atoms with Crippen LogP contribution in [0, 0.1) is 11.8 Å². The molecule has 0 spiro atoms. The summed E-state index contributed by atoms with van der Waals surface area (Å²) in [5, 5.41) is 8.08. The van der Waals surface area contributed by atoms with Crippen LogP contribution in [0.2, 0.25) is 0 Å². The Morgan fingerprint density at radius 1 is 1.14 bits per heavy atom. The van der Waals surface area contributed by atoms with Crippen molar-refractivity contribution < 1.29 is 4.90 Å². The van der Waals surface area contributed by atoms with Crippen LogP contribution in [0.4, 0.5) is 0 Å². The zero-order valence-corrected chi connectivity index (χ0v) is 14.5. The molecule has 3 saturated carbocycles. The minimum atomic E-state index is 0.388. The average molecular weight is 311 g/mol. The van der Waals surface area contributed by atoms with Crippen molar-refractivity contribution in [3.8, 4) is 0 Å². The molecule has 0 aromatic carbocycles. The third-order valence-corrected chi connectivity index (χ3v) is 6.78. The smallest absolute Gasteiger partial charge is 0.166 e. The van der Waals surface area contributed by atoms with Crippen LogP contribution in [-0.2, 0) is 0 Å². The normalized spacial score (nSPS) is 34.1. The van der Waals surface area contributed by atoms with Crippen molar-refractivity contribution in [3.63, 3.8) is 0 Å². The van der Waals surface area contributed by atoms with Gasteiger partial charge in [-0.1, -0.05) is 12.8 Å². The lowest BCUT2D eigenvalue weighted by molar-refractivity contribution is -0.916. The summed E-state index contributed by atoms with van der Waals surface area (Å²) in [6.45, 7) is 1.03. The van der Waals surface area contributed by atoms with Crippen LogP contribution in [0.3, 0.4) is 0 Å². The van der Waals surface area contributed by atoms with Crippen LogP contribution < -0.4 is 15.5 Å². The number of fused-ring (bicyclic) bond motifs is 2. The van der Waals surface area contributed by atoms with E-state index < -0.39 is 0 Å². The summed E-state index contributed by atoms with van der Waals surface area (Å²) in [7, 11) is 4.61. The van der Waals surface area contributed by atoms with Gasteiger partial charge in [-0.2, -0.15) is 0 Å². The van der Waals surface area contributed by atoms with Crippen molar-refractivity contribution in [1.82, 2.24) is 10.6 Å². The van der Waals surface area contributed by atoms with E-state index >= 15 is 0 Å². The van der Waals surface area contributed by atoms with E-state index in [-0.39, 0.29) is 0 Å². The van der Waals surface area contributed by atoms with Crippen LogP contribution in [0.25, 0.3) is 0 Å². The minimum absolute atomic E-state index is 0.388. The molecule has 3 fully saturated rings. The van der Waals surface area contributed by atoms with Crippen molar-refractivity contribution in [3.05, 3.63) is 0 Å². The van der Waals surface area contributed by atoms with Crippen LogP contribution in [0.1, 0.15) is 57.8 Å². The summed E-state index contributed by atoms with van der Waals surface area (Å²) in [5.41, 5.74) is 0.388. The Morgan fingerprint density at radius 3 is 2.48 bits per heavy atom. The predicted molar refractivity (Wildman–Crippen MR) is 91.6 cm³/mol. The molecule has 3 aliphatic rings. The number of hydrogen-bond donors (Lipinski definition) is 3. The molecule has 0 amide bonds. The zero-order valence-electron chi connectivity index (χ0n) is 13.7. The van der Waals surface area contributed by atoms with Gasteiger partial charge in [0.25, 0.3) is 0 Å². The van der Waals surface area contributed by atoms with Gasteiger partial charge in [0, 0.05) is 18.9 Å². The van der Waals surface area contributed by atoms with E-state index in [1.807, 2.05) is 0 Å². The molecule has 0 aliphatic heterocycles. The van der Waals surface area contributed by atoms with Crippen molar-refractivity contribution in [2.24, 2.45) is 11.8 Å². The zero-order chi connectivity index (χ0) is 14.9. The topological polar surface area (TPSA) is 28.5 Å². The highest BCUT2D eigenvalue weighted by molar-refractivity contribution is 7.80. The van der Waals surface area contributed by atoms with E-state index in [9.17, 15) is 0 Å². The van der Waals surface area contributed by atoms with Gasteiger partial charge in [0.05, 0.1) is 20.6 Å². The van der Waals surface area contributed by atoms with Gasteiger partial charge in [-0.25, -0.2) is 0 Å². The van der Waals surface area contributed by atoms with Crippen LogP contribution in [0.5, 0.6) is 0 Å². The third kappa shape index (κ3) is 3.37. The molecule has 120 valence electrons. The van der Waals surface area contributed by atoms with Crippen LogP contribution in [-0.4, -0.2) is 37.3 Å². The maximum atomic E-state index is 5.58. The Hall–Kier alpha value is -0.350. The van der Waals surface area contributed by atoms with Gasteiger partial charge in [0.1, 0.15) is 5.54 Å².